The smallest absolute Gasteiger partial charge is 0.354 e. The first kappa shape index (κ1) is 15.1. The second-order valence-corrected chi connectivity index (χ2v) is 4.85. The number of carbonyl (C=O) groups excluding carboxylic acids is 1. The highest BCUT2D eigenvalue weighted by molar-refractivity contribution is 5.94. The van der Waals surface area contributed by atoms with E-state index in [-0.39, 0.29) is 22.3 Å². The molecule has 0 bridgehead atoms. The van der Waals surface area contributed by atoms with Gasteiger partial charge in [0.2, 0.25) is 0 Å². The van der Waals surface area contributed by atoms with Crippen molar-refractivity contribution in [1.29, 1.82) is 0 Å². The van der Waals surface area contributed by atoms with Crippen molar-refractivity contribution in [1.82, 2.24) is 4.57 Å². The van der Waals surface area contributed by atoms with E-state index in [1.165, 1.54) is 19.2 Å². The fourth-order valence-corrected chi connectivity index (χ4v) is 2.64. The fraction of sp³-hybridized carbons (Fsp3) is 0.375. The van der Waals surface area contributed by atoms with Crippen LogP contribution in [0.3, 0.4) is 0 Å². The van der Waals surface area contributed by atoms with Crippen LogP contribution in [0.4, 0.5) is 0 Å². The lowest BCUT2D eigenvalue weighted by Gasteiger charge is -2.17. The zero-order valence-corrected chi connectivity index (χ0v) is 12.5. The number of hydrogen-bond donors (Lipinski definition) is 1. The summed E-state index contributed by atoms with van der Waals surface area (Å²) in [5.74, 6) is -0.616. The van der Waals surface area contributed by atoms with Gasteiger partial charge in [-0.3, -0.25) is 4.79 Å². The van der Waals surface area contributed by atoms with Crippen molar-refractivity contribution in [2.75, 3.05) is 7.11 Å². The lowest BCUT2D eigenvalue weighted by atomic mass is 10.0. The lowest BCUT2D eigenvalue weighted by Crippen LogP contribution is -2.19. The van der Waals surface area contributed by atoms with Gasteiger partial charge in [0.1, 0.15) is 11.4 Å². The minimum Gasteiger partial charge on any atom is -0.507 e. The summed E-state index contributed by atoms with van der Waals surface area (Å²) in [6.07, 6.45) is 1.67. The summed E-state index contributed by atoms with van der Waals surface area (Å²) in [5, 5.41) is 10.3. The number of aromatic nitrogens is 1. The van der Waals surface area contributed by atoms with Crippen molar-refractivity contribution in [3.05, 3.63) is 39.7 Å². The molecule has 0 aliphatic rings. The van der Waals surface area contributed by atoms with Crippen molar-refractivity contribution in [2.45, 2.75) is 33.2 Å². The first-order valence-corrected chi connectivity index (χ1v) is 7.01. The molecule has 1 heterocycles. The first-order chi connectivity index (χ1) is 10.0. The number of ether oxygens (including phenoxy) is 1. The Labute approximate surface area is 122 Å². The van der Waals surface area contributed by atoms with E-state index in [0.717, 1.165) is 18.4 Å². The summed E-state index contributed by atoms with van der Waals surface area (Å²) >= 11 is 0. The van der Waals surface area contributed by atoms with E-state index in [0.29, 0.717) is 12.1 Å². The van der Waals surface area contributed by atoms with Gasteiger partial charge in [0.05, 0.1) is 18.0 Å². The number of hydrogen-bond acceptors (Lipinski definition) is 4. The third-order valence-electron chi connectivity index (χ3n) is 3.54. The van der Waals surface area contributed by atoms with Gasteiger partial charge in [-0.1, -0.05) is 19.4 Å². The van der Waals surface area contributed by atoms with Crippen LogP contribution in [0.5, 0.6) is 5.75 Å². The number of esters is 1. The molecule has 2 rings (SSSR count). The zero-order chi connectivity index (χ0) is 15.6. The Morgan fingerprint density at radius 3 is 2.62 bits per heavy atom. The highest BCUT2D eigenvalue weighted by atomic mass is 16.5. The molecule has 112 valence electrons. The summed E-state index contributed by atoms with van der Waals surface area (Å²) in [6, 6.07) is 4.56. The molecule has 5 heteroatoms. The number of benzene rings is 1. The highest BCUT2D eigenvalue weighted by Crippen LogP contribution is 2.27. The van der Waals surface area contributed by atoms with Crippen LogP contribution in [0.25, 0.3) is 10.9 Å². The Hall–Kier alpha value is -2.30. The second kappa shape index (κ2) is 5.99. The molecule has 0 radical (unpaired) electrons. The molecule has 1 aromatic carbocycles. The van der Waals surface area contributed by atoms with Gasteiger partial charge in [0.25, 0.3) is 0 Å². The van der Waals surface area contributed by atoms with Crippen molar-refractivity contribution in [3.63, 3.8) is 0 Å². The molecule has 0 spiro atoms. The predicted octanol–water partition coefficient (Wildman–Crippen LogP) is 2.47. The van der Waals surface area contributed by atoms with Crippen LogP contribution in [-0.2, 0) is 17.7 Å². The molecule has 5 nitrogen and oxygen atoms in total. The van der Waals surface area contributed by atoms with Crippen molar-refractivity contribution >= 4 is 16.9 Å². The summed E-state index contributed by atoms with van der Waals surface area (Å²) in [6.45, 7) is 4.43. The molecule has 0 fully saturated rings. The van der Waals surface area contributed by atoms with Crippen molar-refractivity contribution in [3.8, 4) is 5.75 Å². The van der Waals surface area contributed by atoms with Crippen LogP contribution >= 0.6 is 0 Å². The van der Waals surface area contributed by atoms with Crippen LogP contribution in [0.1, 0.15) is 36.3 Å². The quantitative estimate of drug-likeness (QED) is 0.878. The Kier molecular flexibility index (Phi) is 4.31. The number of aryl methyl sites for hydroxylation is 2. The van der Waals surface area contributed by atoms with E-state index in [1.807, 2.05) is 13.8 Å². The van der Waals surface area contributed by atoms with Crippen LogP contribution in [0.15, 0.2) is 23.0 Å². The number of carbonyl (C=O) groups is 1. The lowest BCUT2D eigenvalue weighted by molar-refractivity contribution is 0.0588. The molecule has 21 heavy (non-hydrogen) atoms. The van der Waals surface area contributed by atoms with E-state index in [2.05, 4.69) is 0 Å². The third-order valence-corrected chi connectivity index (χ3v) is 3.54. The van der Waals surface area contributed by atoms with Crippen molar-refractivity contribution in [2.24, 2.45) is 0 Å². The van der Waals surface area contributed by atoms with Gasteiger partial charge in [0.15, 0.2) is 5.43 Å². The maximum atomic E-state index is 12.3. The van der Waals surface area contributed by atoms with Gasteiger partial charge < -0.3 is 14.4 Å². The number of nitrogens with zero attached hydrogens (tertiary/aromatic N) is 1. The zero-order valence-electron chi connectivity index (χ0n) is 12.5. The average Bonchev–Trinajstić information content (AvgIpc) is 2.48. The molecule has 2 aromatic rings. The molecule has 0 saturated carbocycles. The molecule has 0 aliphatic heterocycles. The monoisotopic (exact) mass is 289 g/mol. The van der Waals surface area contributed by atoms with Gasteiger partial charge in [-0.05, 0) is 25.0 Å². The summed E-state index contributed by atoms with van der Waals surface area (Å²) in [4.78, 5) is 24.2. The van der Waals surface area contributed by atoms with Crippen LogP contribution in [0.2, 0.25) is 0 Å². The third kappa shape index (κ3) is 2.51. The summed E-state index contributed by atoms with van der Waals surface area (Å²) < 4.78 is 6.48. The number of phenolic OH excluding ortho intramolecular Hbond substituents is 1. The Morgan fingerprint density at radius 2 is 2.05 bits per heavy atom. The number of phenols is 1. The molecule has 0 aliphatic carbocycles. The normalized spacial score (nSPS) is 10.8. The minimum atomic E-state index is -0.554. The van der Waals surface area contributed by atoms with Crippen LogP contribution < -0.4 is 5.43 Å². The van der Waals surface area contributed by atoms with Crippen molar-refractivity contribution < 1.29 is 14.6 Å². The molecular weight excluding hydrogens is 270 g/mol. The van der Waals surface area contributed by atoms with E-state index in [1.54, 1.807) is 10.6 Å². The van der Waals surface area contributed by atoms with Gasteiger partial charge in [0, 0.05) is 12.6 Å². The van der Waals surface area contributed by atoms with Gasteiger partial charge in [-0.2, -0.15) is 0 Å². The minimum absolute atomic E-state index is 0.0616. The number of pyridine rings is 1. The summed E-state index contributed by atoms with van der Waals surface area (Å²) in [7, 11) is 1.28. The summed E-state index contributed by atoms with van der Waals surface area (Å²) in [5.41, 5.74) is 1.40. The molecular formula is C16H19NO4. The molecule has 0 saturated heterocycles. The maximum Gasteiger partial charge on any atom is 0.354 e. The van der Waals surface area contributed by atoms with E-state index < -0.39 is 5.97 Å². The van der Waals surface area contributed by atoms with Crippen LogP contribution in [-0.4, -0.2) is 22.8 Å². The molecule has 0 atom stereocenters. The number of aromatic hydroxyl groups is 1. The van der Waals surface area contributed by atoms with Crippen LogP contribution in [0, 0.1) is 0 Å². The first-order valence-electron chi connectivity index (χ1n) is 7.01. The molecule has 1 N–H and O–H groups in total. The fourth-order valence-electron chi connectivity index (χ4n) is 2.64. The predicted molar refractivity (Wildman–Crippen MR) is 80.9 cm³/mol. The Morgan fingerprint density at radius 1 is 1.33 bits per heavy atom. The largest absolute Gasteiger partial charge is 0.507 e. The topological polar surface area (TPSA) is 68.5 Å². The van der Waals surface area contributed by atoms with Gasteiger partial charge >= 0.3 is 5.97 Å². The van der Waals surface area contributed by atoms with E-state index in [9.17, 15) is 14.7 Å². The van der Waals surface area contributed by atoms with Gasteiger partial charge in [-0.15, -0.1) is 0 Å². The maximum absolute atomic E-state index is 12.3. The molecule has 1 aromatic heterocycles. The second-order valence-electron chi connectivity index (χ2n) is 4.85. The van der Waals surface area contributed by atoms with E-state index in [4.69, 9.17) is 4.74 Å². The average molecular weight is 289 g/mol. The Balaban J connectivity index is 2.97. The Bertz CT molecular complexity index is 746. The number of rotatable bonds is 4. The standard InChI is InChI=1S/C16H19NO4/c1-4-6-10-7-8-12(18)14-13(19)9-11(16(20)21-3)17(5-2)15(10)14/h7-9,18H,4-6H2,1-3H3. The van der Waals surface area contributed by atoms with Gasteiger partial charge in [-0.25, -0.2) is 4.79 Å². The molecule has 0 amide bonds. The number of methoxy groups -OCH3 is 1. The highest BCUT2D eigenvalue weighted by Gasteiger charge is 2.19. The SMILES string of the molecule is CCCc1ccc(O)c2c(=O)cc(C(=O)OC)n(CC)c12. The van der Waals surface area contributed by atoms with E-state index >= 15 is 0 Å². The number of fused-ring (bicyclic) bond motifs is 1. The molecule has 0 unspecified atom stereocenters.